The second-order valence-corrected chi connectivity index (χ2v) is 11.1. The highest BCUT2D eigenvalue weighted by Crippen LogP contribution is 2.22. The highest BCUT2D eigenvalue weighted by atomic mass is 16.2. The number of carbonyl (C=O) groups excluding carboxylic acids is 2. The van der Waals surface area contributed by atoms with Crippen LogP contribution in [-0.4, -0.2) is 45.9 Å². The first-order chi connectivity index (χ1) is 18.4. The van der Waals surface area contributed by atoms with Crippen LogP contribution in [0.3, 0.4) is 0 Å². The number of rotatable bonds is 10. The molecule has 1 saturated carbocycles. The van der Waals surface area contributed by atoms with E-state index >= 15 is 0 Å². The van der Waals surface area contributed by atoms with Crippen molar-refractivity contribution in [1.82, 2.24) is 25.9 Å². The molecule has 0 unspecified atom stereocenters. The highest BCUT2D eigenvalue weighted by Gasteiger charge is 2.34. The van der Waals surface area contributed by atoms with E-state index in [1.54, 1.807) is 0 Å². The minimum absolute atomic E-state index is 0.0556. The second kappa shape index (κ2) is 11.4. The van der Waals surface area contributed by atoms with Gasteiger partial charge in [0, 0.05) is 46.8 Å². The topological polar surface area (TPSA) is 102 Å². The van der Waals surface area contributed by atoms with E-state index in [1.165, 1.54) is 17.4 Å². The van der Waals surface area contributed by atoms with E-state index in [0.29, 0.717) is 13.0 Å². The smallest absolute Gasteiger partial charge is 0.239 e. The number of aromatic nitrogens is 2. The van der Waals surface area contributed by atoms with Crippen LogP contribution in [0.15, 0.2) is 60.9 Å². The largest absolute Gasteiger partial charge is 0.361 e. The van der Waals surface area contributed by atoms with Crippen molar-refractivity contribution < 1.29 is 9.59 Å². The van der Waals surface area contributed by atoms with E-state index in [-0.39, 0.29) is 17.9 Å². The quantitative estimate of drug-likeness (QED) is 0.212. The first-order valence-electron chi connectivity index (χ1n) is 13.9. The van der Waals surface area contributed by atoms with Crippen molar-refractivity contribution in [2.45, 2.75) is 76.4 Å². The van der Waals surface area contributed by atoms with Crippen LogP contribution in [0.4, 0.5) is 0 Å². The molecule has 7 heteroatoms. The lowest BCUT2D eigenvalue weighted by molar-refractivity contribution is -0.129. The summed E-state index contributed by atoms with van der Waals surface area (Å²) in [6.07, 6.45) is 10.8. The van der Waals surface area contributed by atoms with Crippen molar-refractivity contribution in [3.05, 3.63) is 72.1 Å². The van der Waals surface area contributed by atoms with Gasteiger partial charge in [0.05, 0.1) is 11.6 Å². The fraction of sp³-hybridized carbons (Fsp3) is 0.419. The fourth-order valence-electron chi connectivity index (χ4n) is 5.63. The van der Waals surface area contributed by atoms with Crippen LogP contribution in [0.25, 0.3) is 21.8 Å². The molecule has 0 spiro atoms. The molecule has 1 aliphatic carbocycles. The number of fused-ring (bicyclic) bond motifs is 2. The summed E-state index contributed by atoms with van der Waals surface area (Å²) in [5.74, 6) is -0.159. The van der Waals surface area contributed by atoms with Crippen LogP contribution in [0.5, 0.6) is 0 Å². The van der Waals surface area contributed by atoms with E-state index in [9.17, 15) is 9.59 Å². The van der Waals surface area contributed by atoms with E-state index < -0.39 is 11.6 Å². The SMILES string of the molecule is CC(C)(N[C@@H](Cc1c[nH]c2ccccc12)C(=O)NCCc1c[nH]c2ccccc12)C(=O)NC1CCCCC1. The van der Waals surface area contributed by atoms with E-state index in [1.807, 2.05) is 56.6 Å². The molecule has 1 aliphatic rings. The van der Waals surface area contributed by atoms with Crippen LogP contribution in [0.1, 0.15) is 57.1 Å². The molecule has 0 aliphatic heterocycles. The van der Waals surface area contributed by atoms with Crippen LogP contribution >= 0.6 is 0 Å². The van der Waals surface area contributed by atoms with Gasteiger partial charge in [-0.15, -0.1) is 0 Å². The lowest BCUT2D eigenvalue weighted by Gasteiger charge is -2.33. The molecule has 5 rings (SSSR count). The van der Waals surface area contributed by atoms with E-state index in [2.05, 4.69) is 44.1 Å². The Labute approximate surface area is 224 Å². The van der Waals surface area contributed by atoms with Gasteiger partial charge in [-0.2, -0.15) is 0 Å². The van der Waals surface area contributed by atoms with Crippen molar-refractivity contribution in [3.63, 3.8) is 0 Å². The summed E-state index contributed by atoms with van der Waals surface area (Å²) in [6, 6.07) is 15.9. The maximum absolute atomic E-state index is 13.6. The number of hydrogen-bond acceptors (Lipinski definition) is 3. The van der Waals surface area contributed by atoms with Crippen LogP contribution in [0, 0.1) is 0 Å². The molecule has 38 heavy (non-hydrogen) atoms. The maximum atomic E-state index is 13.6. The predicted molar refractivity (Wildman–Crippen MR) is 153 cm³/mol. The zero-order valence-corrected chi connectivity index (χ0v) is 22.4. The summed E-state index contributed by atoms with van der Waals surface area (Å²) < 4.78 is 0. The van der Waals surface area contributed by atoms with Crippen molar-refractivity contribution in [1.29, 1.82) is 0 Å². The Bertz CT molecular complexity index is 1400. The van der Waals surface area contributed by atoms with Crippen LogP contribution in [-0.2, 0) is 22.4 Å². The molecule has 200 valence electrons. The number of para-hydroxylation sites is 2. The van der Waals surface area contributed by atoms with Crippen molar-refractivity contribution in [2.75, 3.05) is 6.54 Å². The Morgan fingerprint density at radius 1 is 0.895 bits per heavy atom. The van der Waals surface area contributed by atoms with E-state index in [4.69, 9.17) is 0 Å². The molecule has 2 amide bonds. The molecule has 0 saturated heterocycles. The minimum atomic E-state index is -0.900. The van der Waals surface area contributed by atoms with Gasteiger partial charge in [0.2, 0.25) is 11.8 Å². The summed E-state index contributed by atoms with van der Waals surface area (Å²) in [6.45, 7) is 4.25. The predicted octanol–water partition coefficient (Wildman–Crippen LogP) is 4.74. The number of aromatic amines is 2. The molecule has 1 atom stereocenters. The normalized spacial score (nSPS) is 15.5. The van der Waals surface area contributed by atoms with Gasteiger partial charge >= 0.3 is 0 Å². The Morgan fingerprint density at radius 3 is 2.18 bits per heavy atom. The van der Waals surface area contributed by atoms with Crippen LogP contribution in [0.2, 0.25) is 0 Å². The summed E-state index contributed by atoms with van der Waals surface area (Å²) in [4.78, 5) is 33.5. The third-order valence-corrected chi connectivity index (χ3v) is 7.83. The van der Waals surface area contributed by atoms with Crippen molar-refractivity contribution in [3.8, 4) is 0 Å². The highest BCUT2D eigenvalue weighted by molar-refractivity contribution is 5.89. The first kappa shape index (κ1) is 26.0. The van der Waals surface area contributed by atoms with Gasteiger partial charge in [-0.1, -0.05) is 55.7 Å². The Hall–Kier alpha value is -3.58. The average Bonchev–Trinajstić information content (AvgIpc) is 3.53. The lowest BCUT2D eigenvalue weighted by Crippen LogP contribution is -2.61. The van der Waals surface area contributed by atoms with Gasteiger partial charge in [-0.3, -0.25) is 14.9 Å². The lowest BCUT2D eigenvalue weighted by atomic mass is 9.93. The summed E-state index contributed by atoms with van der Waals surface area (Å²) in [7, 11) is 0. The third-order valence-electron chi connectivity index (χ3n) is 7.83. The number of carbonyl (C=O) groups is 2. The summed E-state index contributed by atoms with van der Waals surface area (Å²) in [5.41, 5.74) is 3.46. The Kier molecular flexibility index (Phi) is 7.84. The molecule has 2 heterocycles. The van der Waals surface area contributed by atoms with Gasteiger partial charge in [-0.25, -0.2) is 0 Å². The van der Waals surface area contributed by atoms with Gasteiger partial charge in [0.1, 0.15) is 0 Å². The monoisotopic (exact) mass is 513 g/mol. The van der Waals surface area contributed by atoms with E-state index in [0.717, 1.165) is 54.1 Å². The molecule has 1 fully saturated rings. The first-order valence-corrected chi connectivity index (χ1v) is 13.9. The van der Waals surface area contributed by atoms with Gasteiger partial charge in [0.15, 0.2) is 0 Å². The standard InChI is InChI=1S/C31H39N5O2/c1-31(2,30(38)35-23-10-4-3-5-11-23)36-28(18-22-20-34-27-15-9-7-13-25(22)27)29(37)32-17-16-21-19-33-26-14-8-6-12-24(21)26/h6-9,12-15,19-20,23,28,33-34,36H,3-5,10-11,16-18H2,1-2H3,(H,32,37)(H,35,38)/t28-/m0/s1. The number of benzene rings is 2. The molecular weight excluding hydrogens is 474 g/mol. The zero-order valence-electron chi connectivity index (χ0n) is 22.4. The maximum Gasteiger partial charge on any atom is 0.239 e. The van der Waals surface area contributed by atoms with Gasteiger partial charge in [0.25, 0.3) is 0 Å². The minimum Gasteiger partial charge on any atom is -0.361 e. The molecule has 7 nitrogen and oxygen atoms in total. The van der Waals surface area contributed by atoms with Gasteiger partial charge in [-0.05, 0) is 62.8 Å². The molecule has 5 N–H and O–H groups in total. The Balaban J connectivity index is 1.29. The fourth-order valence-corrected chi connectivity index (χ4v) is 5.63. The molecule has 4 aromatic rings. The average molecular weight is 514 g/mol. The third kappa shape index (κ3) is 5.94. The molecule has 2 aromatic carbocycles. The van der Waals surface area contributed by atoms with Gasteiger partial charge < -0.3 is 20.6 Å². The van der Waals surface area contributed by atoms with Crippen molar-refractivity contribution in [2.24, 2.45) is 0 Å². The second-order valence-electron chi connectivity index (χ2n) is 11.1. The zero-order chi connectivity index (χ0) is 26.5. The molecule has 0 radical (unpaired) electrons. The molecule has 0 bridgehead atoms. The summed E-state index contributed by atoms with van der Waals surface area (Å²) in [5, 5.41) is 12.0. The Morgan fingerprint density at radius 2 is 1.50 bits per heavy atom. The number of amides is 2. The summed E-state index contributed by atoms with van der Waals surface area (Å²) >= 11 is 0. The number of H-pyrrole nitrogens is 2. The molecular formula is C31H39N5O2. The van der Waals surface area contributed by atoms with Crippen LogP contribution < -0.4 is 16.0 Å². The van der Waals surface area contributed by atoms with Crippen molar-refractivity contribution >= 4 is 33.6 Å². The molecule has 2 aromatic heterocycles. The number of nitrogens with one attached hydrogen (secondary N) is 5. The number of hydrogen-bond donors (Lipinski definition) is 5.